The fourth-order valence-corrected chi connectivity index (χ4v) is 4.06. The summed E-state index contributed by atoms with van der Waals surface area (Å²) >= 11 is 0. The molecule has 7 heteroatoms. The van der Waals surface area contributed by atoms with Gasteiger partial charge in [-0.05, 0) is 24.8 Å². The molecule has 0 amide bonds. The largest absolute Gasteiger partial charge is 0.504 e. The summed E-state index contributed by atoms with van der Waals surface area (Å²) in [5.41, 5.74) is 1.41. The number of ether oxygens (including phenoxy) is 1. The van der Waals surface area contributed by atoms with Crippen LogP contribution in [0.3, 0.4) is 0 Å². The minimum absolute atomic E-state index is 0. The van der Waals surface area contributed by atoms with E-state index < -0.39 is 0 Å². The number of piperazine rings is 1. The van der Waals surface area contributed by atoms with Crippen LogP contribution in [0.4, 0.5) is 0 Å². The normalized spacial score (nSPS) is 19.4. The van der Waals surface area contributed by atoms with E-state index >= 15 is 0 Å². The number of nitriles is 1. The van der Waals surface area contributed by atoms with Gasteiger partial charge in [0, 0.05) is 43.9 Å². The monoisotopic (exact) mass is 387 g/mol. The number of hydrogen-bond donors (Lipinski definition) is 2. The first kappa shape index (κ1) is 21.9. The molecule has 1 heterocycles. The van der Waals surface area contributed by atoms with Crippen LogP contribution in [0, 0.1) is 17.2 Å². The van der Waals surface area contributed by atoms with Crippen molar-refractivity contribution in [2.24, 2.45) is 5.92 Å². The highest BCUT2D eigenvalue weighted by Crippen LogP contribution is 2.45. The van der Waals surface area contributed by atoms with Crippen LogP contribution in [0.15, 0.2) is 12.1 Å². The third kappa shape index (κ3) is 4.71. The number of phenols is 1. The molecule has 0 unspecified atom stereocenters. The van der Waals surface area contributed by atoms with Crippen LogP contribution >= 0.6 is 24.8 Å². The Morgan fingerprint density at radius 2 is 1.88 bits per heavy atom. The number of rotatable bonds is 4. The summed E-state index contributed by atoms with van der Waals surface area (Å²) in [6, 6.07) is 5.83. The van der Waals surface area contributed by atoms with Crippen molar-refractivity contribution in [2.45, 2.75) is 31.7 Å². The van der Waals surface area contributed by atoms with E-state index in [1.807, 2.05) is 6.07 Å². The number of phenolic OH excluding ortho intramolecular Hbond substituents is 1. The quantitative estimate of drug-likeness (QED) is 0.829. The Kier molecular flexibility index (Phi) is 8.81. The summed E-state index contributed by atoms with van der Waals surface area (Å²) in [6.07, 6.45) is 4.88. The van der Waals surface area contributed by atoms with Crippen LogP contribution in [0.2, 0.25) is 0 Å². The summed E-state index contributed by atoms with van der Waals surface area (Å²) in [6.45, 7) is 3.89. The lowest BCUT2D eigenvalue weighted by Crippen LogP contribution is -2.46. The minimum atomic E-state index is 0. The molecule has 25 heavy (non-hydrogen) atoms. The molecule has 2 aliphatic rings. The maximum absolute atomic E-state index is 10.7. The van der Waals surface area contributed by atoms with Gasteiger partial charge in [-0.1, -0.05) is 12.8 Å². The molecule has 2 N–H and O–H groups in total. The summed E-state index contributed by atoms with van der Waals surface area (Å²) < 4.78 is 5.30. The highest BCUT2D eigenvalue weighted by atomic mass is 35.5. The molecule has 5 nitrogen and oxygen atoms in total. The van der Waals surface area contributed by atoms with E-state index in [0.717, 1.165) is 31.7 Å². The van der Waals surface area contributed by atoms with Crippen molar-refractivity contribution in [1.82, 2.24) is 10.2 Å². The molecule has 1 saturated carbocycles. The minimum Gasteiger partial charge on any atom is -0.504 e. The molecule has 140 valence electrons. The Balaban J connectivity index is 0.00000156. The van der Waals surface area contributed by atoms with Crippen LogP contribution < -0.4 is 10.1 Å². The van der Waals surface area contributed by atoms with Gasteiger partial charge in [0.05, 0.1) is 18.7 Å². The van der Waals surface area contributed by atoms with Gasteiger partial charge in [-0.25, -0.2) is 0 Å². The van der Waals surface area contributed by atoms with Gasteiger partial charge >= 0.3 is 0 Å². The number of methoxy groups -OCH3 is 1. The Hall–Kier alpha value is -1.19. The van der Waals surface area contributed by atoms with Crippen LogP contribution in [0.1, 0.15) is 42.9 Å². The van der Waals surface area contributed by atoms with E-state index in [-0.39, 0.29) is 36.6 Å². The standard InChI is InChI=1S/C18H25N3O2.2ClH/c1-23-16-11-13(12-19)10-15(18(16)22)17(14-4-2-3-5-14)21-8-6-20-7-9-21;;/h10-11,14,17,20,22H,2-9H2,1H3;2*1H/t17-;;/m1../s1. The topological polar surface area (TPSA) is 68.5 Å². The summed E-state index contributed by atoms with van der Waals surface area (Å²) in [7, 11) is 1.54. The molecule has 1 aromatic rings. The van der Waals surface area contributed by atoms with Crippen molar-refractivity contribution in [3.05, 3.63) is 23.3 Å². The summed E-state index contributed by atoms with van der Waals surface area (Å²) in [4.78, 5) is 2.46. The fourth-order valence-electron chi connectivity index (χ4n) is 4.06. The van der Waals surface area contributed by atoms with E-state index in [9.17, 15) is 10.4 Å². The second-order valence-electron chi connectivity index (χ2n) is 6.50. The molecule has 1 aromatic carbocycles. The first-order chi connectivity index (χ1) is 11.2. The van der Waals surface area contributed by atoms with E-state index in [1.165, 1.54) is 32.8 Å². The average Bonchev–Trinajstić information content (AvgIpc) is 3.12. The zero-order chi connectivity index (χ0) is 16.2. The highest BCUT2D eigenvalue weighted by Gasteiger charge is 2.34. The molecule has 0 spiro atoms. The van der Waals surface area contributed by atoms with E-state index in [1.54, 1.807) is 6.07 Å². The van der Waals surface area contributed by atoms with E-state index in [4.69, 9.17) is 4.74 Å². The van der Waals surface area contributed by atoms with Crippen molar-refractivity contribution >= 4 is 24.8 Å². The Morgan fingerprint density at radius 3 is 2.44 bits per heavy atom. The van der Waals surface area contributed by atoms with E-state index in [2.05, 4.69) is 16.3 Å². The molecule has 0 bridgehead atoms. The lowest BCUT2D eigenvalue weighted by molar-refractivity contribution is 0.123. The molecular formula is C18H27Cl2N3O2. The van der Waals surface area contributed by atoms with Gasteiger partial charge in [0.2, 0.25) is 0 Å². The van der Waals surface area contributed by atoms with Gasteiger partial charge in [0.25, 0.3) is 0 Å². The van der Waals surface area contributed by atoms with Crippen LogP contribution in [-0.4, -0.2) is 43.3 Å². The Bertz CT molecular complexity index is 595. The number of hydrogen-bond acceptors (Lipinski definition) is 5. The first-order valence-electron chi connectivity index (χ1n) is 8.50. The number of nitrogens with zero attached hydrogens (tertiary/aromatic N) is 2. The molecule has 3 rings (SSSR count). The third-order valence-electron chi connectivity index (χ3n) is 5.16. The van der Waals surface area contributed by atoms with Crippen molar-refractivity contribution < 1.29 is 9.84 Å². The maximum atomic E-state index is 10.7. The van der Waals surface area contributed by atoms with Crippen molar-refractivity contribution in [3.63, 3.8) is 0 Å². The molecule has 2 fully saturated rings. The van der Waals surface area contributed by atoms with Gasteiger partial charge in [-0.2, -0.15) is 5.26 Å². The highest BCUT2D eigenvalue weighted by molar-refractivity contribution is 5.85. The van der Waals surface area contributed by atoms with Crippen LogP contribution in [-0.2, 0) is 0 Å². The number of nitrogens with one attached hydrogen (secondary N) is 1. The van der Waals surface area contributed by atoms with Crippen LogP contribution in [0.25, 0.3) is 0 Å². The number of benzene rings is 1. The summed E-state index contributed by atoms with van der Waals surface area (Å²) in [5.74, 6) is 1.14. The molecule has 1 atom stereocenters. The lowest BCUT2D eigenvalue weighted by Gasteiger charge is -2.39. The smallest absolute Gasteiger partial charge is 0.162 e. The summed E-state index contributed by atoms with van der Waals surface area (Å²) in [5, 5.41) is 23.4. The molecular weight excluding hydrogens is 361 g/mol. The van der Waals surface area contributed by atoms with Gasteiger partial charge in [-0.15, -0.1) is 24.8 Å². The zero-order valence-electron chi connectivity index (χ0n) is 14.5. The second kappa shape index (κ2) is 10.1. The van der Waals surface area contributed by atoms with Gasteiger partial charge in [0.1, 0.15) is 0 Å². The average molecular weight is 388 g/mol. The van der Waals surface area contributed by atoms with Crippen molar-refractivity contribution in [2.75, 3.05) is 33.3 Å². The van der Waals surface area contributed by atoms with Crippen LogP contribution in [0.5, 0.6) is 11.5 Å². The zero-order valence-corrected chi connectivity index (χ0v) is 16.2. The predicted octanol–water partition coefficient (Wildman–Crippen LogP) is 3.25. The molecule has 0 aromatic heterocycles. The van der Waals surface area contributed by atoms with Crippen molar-refractivity contribution in [3.8, 4) is 17.6 Å². The van der Waals surface area contributed by atoms with Crippen molar-refractivity contribution in [1.29, 1.82) is 5.26 Å². The molecule has 1 aliphatic heterocycles. The van der Waals surface area contributed by atoms with Gasteiger partial charge in [0.15, 0.2) is 11.5 Å². The number of halogens is 2. The lowest BCUT2D eigenvalue weighted by atomic mass is 9.88. The van der Waals surface area contributed by atoms with Gasteiger partial charge < -0.3 is 15.2 Å². The second-order valence-corrected chi connectivity index (χ2v) is 6.50. The predicted molar refractivity (Wildman–Crippen MR) is 103 cm³/mol. The number of aromatic hydroxyl groups is 1. The van der Waals surface area contributed by atoms with Gasteiger partial charge in [-0.3, -0.25) is 4.90 Å². The molecule has 0 radical (unpaired) electrons. The maximum Gasteiger partial charge on any atom is 0.162 e. The van der Waals surface area contributed by atoms with E-state index in [0.29, 0.717) is 17.2 Å². The first-order valence-corrected chi connectivity index (χ1v) is 8.50. The molecule has 1 aliphatic carbocycles. The molecule has 1 saturated heterocycles. The fraction of sp³-hybridized carbons (Fsp3) is 0.611. The Morgan fingerprint density at radius 1 is 1.24 bits per heavy atom. The third-order valence-corrected chi connectivity index (χ3v) is 5.16. The SMILES string of the molecule is COc1cc(C#N)cc([C@@H](C2CCCC2)N2CCNCC2)c1O.Cl.Cl. The Labute approximate surface area is 162 Å².